The van der Waals surface area contributed by atoms with E-state index in [1.807, 2.05) is 18.7 Å². The van der Waals surface area contributed by atoms with E-state index in [1.54, 1.807) is 24.3 Å². The van der Waals surface area contributed by atoms with Crippen LogP contribution in [-0.2, 0) is 0 Å². The van der Waals surface area contributed by atoms with E-state index in [-0.39, 0.29) is 11.7 Å². The molecule has 1 aromatic rings. The van der Waals surface area contributed by atoms with Crippen LogP contribution < -0.4 is 0 Å². The lowest BCUT2D eigenvalue weighted by atomic mass is 10.1. The van der Waals surface area contributed by atoms with Crippen molar-refractivity contribution in [1.29, 1.82) is 5.26 Å². The first-order valence-corrected chi connectivity index (χ1v) is 6.35. The number of ketones is 1. The lowest BCUT2D eigenvalue weighted by molar-refractivity contribution is 0.0929. The summed E-state index contributed by atoms with van der Waals surface area (Å²) in [5.41, 5.74) is 0.655. The molecule has 0 N–H and O–H groups in total. The highest BCUT2D eigenvalue weighted by atomic mass is 35.5. The molecule has 1 rings (SSSR count). The first-order valence-electron chi connectivity index (χ1n) is 5.97. The Labute approximate surface area is 113 Å². The molecule has 0 fully saturated rings. The summed E-state index contributed by atoms with van der Waals surface area (Å²) in [7, 11) is 0. The second-order valence-electron chi connectivity index (χ2n) is 4.29. The third kappa shape index (κ3) is 4.48. The molecule has 0 saturated carbocycles. The van der Waals surface area contributed by atoms with Gasteiger partial charge in [-0.2, -0.15) is 5.26 Å². The number of rotatable bonds is 6. The number of carbonyl (C=O) groups excluding carboxylic acids is 1. The second kappa shape index (κ2) is 7.15. The zero-order chi connectivity index (χ0) is 13.5. The number of nitrogens with zero attached hydrogens (tertiary/aromatic N) is 2. The Morgan fingerprint density at radius 2 is 2.06 bits per heavy atom. The summed E-state index contributed by atoms with van der Waals surface area (Å²) in [6.07, 6.45) is 0. The van der Waals surface area contributed by atoms with Crippen LogP contribution in [0.4, 0.5) is 0 Å². The van der Waals surface area contributed by atoms with Crippen LogP contribution in [0.2, 0.25) is 5.02 Å². The van der Waals surface area contributed by atoms with Gasteiger partial charge in [0.05, 0.1) is 18.5 Å². The topological polar surface area (TPSA) is 44.1 Å². The fourth-order valence-electron chi connectivity index (χ4n) is 1.66. The SMILES string of the molecule is CCN(CC(=O)c1ccc(Cl)cc1)CC(C)C#N. The molecule has 1 unspecified atom stereocenters. The first-order chi connectivity index (χ1) is 8.56. The number of hydrogen-bond donors (Lipinski definition) is 0. The molecule has 0 radical (unpaired) electrons. The molecular weight excluding hydrogens is 248 g/mol. The lowest BCUT2D eigenvalue weighted by Gasteiger charge is -2.20. The van der Waals surface area contributed by atoms with Crippen molar-refractivity contribution >= 4 is 17.4 Å². The van der Waals surface area contributed by atoms with Crippen LogP contribution in [0.3, 0.4) is 0 Å². The number of likely N-dealkylation sites (N-methyl/N-ethyl adjacent to an activating group) is 1. The van der Waals surface area contributed by atoms with E-state index in [2.05, 4.69) is 6.07 Å². The van der Waals surface area contributed by atoms with Crippen molar-refractivity contribution in [2.45, 2.75) is 13.8 Å². The van der Waals surface area contributed by atoms with Gasteiger partial charge in [0.25, 0.3) is 0 Å². The maximum atomic E-state index is 12.0. The van der Waals surface area contributed by atoms with E-state index >= 15 is 0 Å². The van der Waals surface area contributed by atoms with Gasteiger partial charge in [0.1, 0.15) is 0 Å². The molecule has 0 aliphatic carbocycles. The van der Waals surface area contributed by atoms with Gasteiger partial charge in [-0.05, 0) is 37.7 Å². The summed E-state index contributed by atoms with van der Waals surface area (Å²) in [5, 5.41) is 9.41. The number of benzene rings is 1. The largest absolute Gasteiger partial charge is 0.295 e. The molecule has 0 aliphatic heterocycles. The standard InChI is InChI=1S/C14H17ClN2O/c1-3-17(9-11(2)8-16)10-14(18)12-4-6-13(15)7-5-12/h4-7,11H,3,9-10H2,1-2H3. The predicted octanol–water partition coefficient (Wildman–Crippen LogP) is 3.00. The minimum atomic E-state index is -0.0667. The monoisotopic (exact) mass is 264 g/mol. The first kappa shape index (κ1) is 14.7. The van der Waals surface area contributed by atoms with Crippen molar-refractivity contribution in [2.24, 2.45) is 5.92 Å². The van der Waals surface area contributed by atoms with Gasteiger partial charge in [-0.1, -0.05) is 18.5 Å². The summed E-state index contributed by atoms with van der Waals surface area (Å²) >= 11 is 5.78. The zero-order valence-corrected chi connectivity index (χ0v) is 11.4. The summed E-state index contributed by atoms with van der Waals surface area (Å²) in [6.45, 7) is 5.55. The quantitative estimate of drug-likeness (QED) is 0.742. The molecular formula is C14H17ClN2O. The van der Waals surface area contributed by atoms with Crippen LogP contribution in [0.1, 0.15) is 24.2 Å². The third-order valence-electron chi connectivity index (χ3n) is 2.73. The number of carbonyl (C=O) groups is 1. The molecule has 18 heavy (non-hydrogen) atoms. The van der Waals surface area contributed by atoms with E-state index in [4.69, 9.17) is 16.9 Å². The predicted molar refractivity (Wildman–Crippen MR) is 72.7 cm³/mol. The van der Waals surface area contributed by atoms with E-state index < -0.39 is 0 Å². The van der Waals surface area contributed by atoms with Gasteiger partial charge < -0.3 is 0 Å². The Hall–Kier alpha value is -1.37. The van der Waals surface area contributed by atoms with Gasteiger partial charge in [-0.3, -0.25) is 9.69 Å². The average molecular weight is 265 g/mol. The molecule has 0 amide bonds. The van der Waals surface area contributed by atoms with Crippen molar-refractivity contribution in [2.75, 3.05) is 19.6 Å². The third-order valence-corrected chi connectivity index (χ3v) is 2.99. The molecule has 1 atom stereocenters. The highest BCUT2D eigenvalue weighted by molar-refractivity contribution is 6.30. The van der Waals surface area contributed by atoms with Crippen molar-refractivity contribution in [3.05, 3.63) is 34.9 Å². The van der Waals surface area contributed by atoms with Gasteiger partial charge in [-0.15, -0.1) is 0 Å². The summed E-state index contributed by atoms with van der Waals surface area (Å²) in [6, 6.07) is 9.06. The smallest absolute Gasteiger partial charge is 0.176 e. The fraction of sp³-hybridized carbons (Fsp3) is 0.429. The minimum absolute atomic E-state index is 0.0543. The van der Waals surface area contributed by atoms with Crippen LogP contribution >= 0.6 is 11.6 Å². The summed E-state index contributed by atoms with van der Waals surface area (Å²) in [4.78, 5) is 14.0. The van der Waals surface area contributed by atoms with Gasteiger partial charge in [-0.25, -0.2) is 0 Å². The Kier molecular flexibility index (Phi) is 5.84. The highest BCUT2D eigenvalue weighted by Gasteiger charge is 2.13. The molecule has 0 spiro atoms. The van der Waals surface area contributed by atoms with Crippen molar-refractivity contribution in [3.8, 4) is 6.07 Å². The summed E-state index contributed by atoms with van der Waals surface area (Å²) < 4.78 is 0. The number of halogens is 1. The van der Waals surface area contributed by atoms with Crippen molar-refractivity contribution in [3.63, 3.8) is 0 Å². The van der Waals surface area contributed by atoms with E-state index in [0.29, 0.717) is 23.7 Å². The van der Waals surface area contributed by atoms with E-state index in [0.717, 1.165) is 6.54 Å². The molecule has 3 nitrogen and oxygen atoms in total. The average Bonchev–Trinajstić information content (AvgIpc) is 2.38. The van der Waals surface area contributed by atoms with Gasteiger partial charge >= 0.3 is 0 Å². The molecule has 96 valence electrons. The fourth-order valence-corrected chi connectivity index (χ4v) is 1.79. The Morgan fingerprint density at radius 3 is 2.56 bits per heavy atom. The van der Waals surface area contributed by atoms with Gasteiger partial charge in [0, 0.05) is 17.1 Å². The zero-order valence-electron chi connectivity index (χ0n) is 10.7. The normalized spacial score (nSPS) is 12.2. The van der Waals surface area contributed by atoms with E-state index in [9.17, 15) is 4.79 Å². The number of nitriles is 1. The van der Waals surface area contributed by atoms with Crippen LogP contribution in [-0.4, -0.2) is 30.3 Å². The number of hydrogen-bond acceptors (Lipinski definition) is 3. The second-order valence-corrected chi connectivity index (χ2v) is 4.72. The van der Waals surface area contributed by atoms with Crippen molar-refractivity contribution < 1.29 is 4.79 Å². The summed E-state index contributed by atoms with van der Waals surface area (Å²) in [5.74, 6) is -0.0124. The van der Waals surface area contributed by atoms with Gasteiger partial charge in [0.15, 0.2) is 5.78 Å². The number of Topliss-reactive ketones (excluding diaryl/α,β-unsaturated/α-hetero) is 1. The molecule has 0 heterocycles. The highest BCUT2D eigenvalue weighted by Crippen LogP contribution is 2.11. The van der Waals surface area contributed by atoms with Crippen LogP contribution in [0.5, 0.6) is 0 Å². The Balaban J connectivity index is 2.62. The Bertz CT molecular complexity index is 436. The Morgan fingerprint density at radius 1 is 1.44 bits per heavy atom. The lowest BCUT2D eigenvalue weighted by Crippen LogP contribution is -2.33. The maximum Gasteiger partial charge on any atom is 0.176 e. The maximum absolute atomic E-state index is 12.0. The molecule has 0 bridgehead atoms. The van der Waals surface area contributed by atoms with Crippen LogP contribution in [0.25, 0.3) is 0 Å². The molecule has 0 aromatic heterocycles. The van der Waals surface area contributed by atoms with Crippen molar-refractivity contribution in [1.82, 2.24) is 4.90 Å². The van der Waals surface area contributed by atoms with Gasteiger partial charge in [0.2, 0.25) is 0 Å². The van der Waals surface area contributed by atoms with Crippen LogP contribution in [0.15, 0.2) is 24.3 Å². The molecule has 1 aromatic carbocycles. The van der Waals surface area contributed by atoms with Crippen LogP contribution in [0, 0.1) is 17.2 Å². The molecule has 4 heteroatoms. The molecule has 0 saturated heterocycles. The minimum Gasteiger partial charge on any atom is -0.295 e. The molecule has 0 aliphatic rings. The van der Waals surface area contributed by atoms with E-state index in [1.165, 1.54) is 0 Å².